The Morgan fingerprint density at radius 2 is 1.76 bits per heavy atom. The number of hydrogen-bond donors (Lipinski definition) is 2. The summed E-state index contributed by atoms with van der Waals surface area (Å²) in [6.07, 6.45) is 0. The number of nitrogens with one attached hydrogen (secondary N) is 1. The molecule has 0 aliphatic carbocycles. The molecule has 0 aromatic heterocycles. The predicted octanol–water partition coefficient (Wildman–Crippen LogP) is 3.52. The van der Waals surface area contributed by atoms with Crippen LogP contribution in [-0.2, 0) is 5.25 Å². The number of thioether (sulfide) groups is 1. The first-order valence-corrected chi connectivity index (χ1v) is 5.71. The molecule has 5 heteroatoms. The summed E-state index contributed by atoms with van der Waals surface area (Å²) in [7, 11) is 0. The molecule has 0 spiro atoms. The first-order chi connectivity index (χ1) is 7.99. The fraction of sp³-hybridized carbons (Fsp3) is 0.0833. The van der Waals surface area contributed by atoms with Crippen LogP contribution in [0.3, 0.4) is 0 Å². The molecule has 2 nitrogen and oxygen atoms in total. The van der Waals surface area contributed by atoms with E-state index in [2.05, 4.69) is 0 Å². The average molecular weight is 252 g/mol. The summed E-state index contributed by atoms with van der Waals surface area (Å²) >= 11 is 0.0461. The van der Waals surface area contributed by atoms with Gasteiger partial charge in [-0.3, -0.25) is 5.41 Å². The molecule has 88 valence electrons. The van der Waals surface area contributed by atoms with Crippen molar-refractivity contribution in [2.45, 2.75) is 5.25 Å². The molecule has 0 atom stereocenters. The standard InChI is InChI=1S/C12H10F2N2S/c13-12(14,17-11(15)16)10-6-5-8-3-1-2-4-9(8)7-10/h1-7H,(H3,15,16). The normalized spacial score (nSPS) is 11.6. The van der Waals surface area contributed by atoms with E-state index in [4.69, 9.17) is 11.1 Å². The molecule has 0 bridgehead atoms. The van der Waals surface area contributed by atoms with E-state index in [0.717, 1.165) is 10.8 Å². The van der Waals surface area contributed by atoms with E-state index in [1.165, 1.54) is 12.1 Å². The van der Waals surface area contributed by atoms with E-state index in [0.29, 0.717) is 0 Å². The molecule has 3 N–H and O–H groups in total. The highest BCUT2D eigenvalue weighted by atomic mass is 32.2. The third kappa shape index (κ3) is 2.55. The zero-order valence-electron chi connectivity index (χ0n) is 8.78. The molecule has 2 aromatic rings. The molecule has 0 saturated carbocycles. The Kier molecular flexibility index (Phi) is 3.02. The Labute approximate surface area is 101 Å². The molecule has 0 heterocycles. The van der Waals surface area contributed by atoms with Gasteiger partial charge in [-0.2, -0.15) is 8.78 Å². The Hall–Kier alpha value is -1.62. The van der Waals surface area contributed by atoms with Crippen molar-refractivity contribution >= 4 is 27.7 Å². The summed E-state index contributed by atoms with van der Waals surface area (Å²) in [5.74, 6) is 0. The van der Waals surface area contributed by atoms with Gasteiger partial charge in [-0.05, 0) is 28.6 Å². The lowest BCUT2D eigenvalue weighted by atomic mass is 10.1. The Bertz CT molecular complexity index is 569. The number of hydrogen-bond acceptors (Lipinski definition) is 2. The number of benzene rings is 2. The number of alkyl halides is 2. The van der Waals surface area contributed by atoms with E-state index in [1.54, 1.807) is 18.2 Å². The maximum Gasteiger partial charge on any atom is 0.326 e. The summed E-state index contributed by atoms with van der Waals surface area (Å²) in [6.45, 7) is 0. The van der Waals surface area contributed by atoms with Crippen LogP contribution < -0.4 is 5.73 Å². The lowest BCUT2D eigenvalue weighted by Crippen LogP contribution is -2.16. The van der Waals surface area contributed by atoms with Gasteiger partial charge < -0.3 is 5.73 Å². The maximum atomic E-state index is 13.7. The lowest BCUT2D eigenvalue weighted by Gasteiger charge is -2.15. The van der Waals surface area contributed by atoms with Gasteiger partial charge in [0, 0.05) is 5.56 Å². The van der Waals surface area contributed by atoms with Gasteiger partial charge in [-0.15, -0.1) is 0 Å². The minimum atomic E-state index is -3.17. The summed E-state index contributed by atoms with van der Waals surface area (Å²) in [5.41, 5.74) is 4.85. The predicted molar refractivity (Wildman–Crippen MR) is 67.3 cm³/mol. The van der Waals surface area contributed by atoms with E-state index in [9.17, 15) is 8.78 Å². The van der Waals surface area contributed by atoms with E-state index in [1.807, 2.05) is 12.1 Å². The quantitative estimate of drug-likeness (QED) is 0.634. The first-order valence-electron chi connectivity index (χ1n) is 4.89. The van der Waals surface area contributed by atoms with Crippen LogP contribution in [-0.4, -0.2) is 5.17 Å². The third-order valence-electron chi connectivity index (χ3n) is 2.32. The Morgan fingerprint density at radius 1 is 1.12 bits per heavy atom. The first kappa shape index (κ1) is 11.9. The van der Waals surface area contributed by atoms with Crippen molar-refractivity contribution in [1.82, 2.24) is 0 Å². The van der Waals surface area contributed by atoms with Crippen molar-refractivity contribution in [2.75, 3.05) is 0 Å². The van der Waals surface area contributed by atoms with Crippen molar-refractivity contribution in [3.63, 3.8) is 0 Å². The third-order valence-corrected chi connectivity index (χ3v) is 3.04. The SMILES string of the molecule is N=C(N)SC(F)(F)c1ccc2ccccc2c1. The largest absolute Gasteiger partial charge is 0.379 e. The minimum absolute atomic E-state index is 0.0461. The molecule has 2 rings (SSSR count). The molecule has 0 radical (unpaired) electrons. The van der Waals surface area contributed by atoms with Crippen molar-refractivity contribution < 1.29 is 8.78 Å². The van der Waals surface area contributed by atoms with Crippen molar-refractivity contribution in [3.05, 3.63) is 48.0 Å². The highest BCUT2D eigenvalue weighted by molar-refractivity contribution is 8.14. The molecule has 17 heavy (non-hydrogen) atoms. The summed E-state index contributed by atoms with van der Waals surface area (Å²) in [4.78, 5) is 0. The van der Waals surface area contributed by atoms with Gasteiger partial charge in [-0.1, -0.05) is 36.4 Å². The van der Waals surface area contributed by atoms with Gasteiger partial charge in [0.2, 0.25) is 0 Å². The van der Waals surface area contributed by atoms with Crippen LogP contribution in [0, 0.1) is 5.41 Å². The number of nitrogens with two attached hydrogens (primary N) is 1. The van der Waals surface area contributed by atoms with Gasteiger partial charge in [0.25, 0.3) is 0 Å². The van der Waals surface area contributed by atoms with Crippen LogP contribution in [0.1, 0.15) is 5.56 Å². The van der Waals surface area contributed by atoms with Crippen LogP contribution in [0.15, 0.2) is 42.5 Å². The Balaban J connectivity index is 2.45. The van der Waals surface area contributed by atoms with E-state index in [-0.39, 0.29) is 17.3 Å². The zero-order chi connectivity index (χ0) is 12.5. The van der Waals surface area contributed by atoms with Gasteiger partial charge in [0.05, 0.1) is 0 Å². The number of halogens is 2. The van der Waals surface area contributed by atoms with Gasteiger partial charge in [0.15, 0.2) is 5.17 Å². The highest BCUT2D eigenvalue weighted by Gasteiger charge is 2.33. The number of fused-ring (bicyclic) bond motifs is 1. The van der Waals surface area contributed by atoms with Gasteiger partial charge in [-0.25, -0.2) is 0 Å². The fourth-order valence-corrected chi connectivity index (χ4v) is 2.09. The molecule has 0 amide bonds. The van der Waals surface area contributed by atoms with E-state index < -0.39 is 10.4 Å². The molecule has 2 aromatic carbocycles. The van der Waals surface area contributed by atoms with Crippen LogP contribution in [0.4, 0.5) is 8.78 Å². The minimum Gasteiger partial charge on any atom is -0.379 e. The highest BCUT2D eigenvalue weighted by Crippen LogP contribution is 2.40. The van der Waals surface area contributed by atoms with Crippen LogP contribution in [0.25, 0.3) is 10.8 Å². The molecule has 0 fully saturated rings. The Morgan fingerprint density at radius 3 is 2.41 bits per heavy atom. The summed E-state index contributed by atoms with van der Waals surface area (Å²) < 4.78 is 27.4. The van der Waals surface area contributed by atoms with Crippen LogP contribution >= 0.6 is 11.8 Å². The van der Waals surface area contributed by atoms with E-state index >= 15 is 0 Å². The average Bonchev–Trinajstić information content (AvgIpc) is 2.26. The van der Waals surface area contributed by atoms with Crippen molar-refractivity contribution in [2.24, 2.45) is 5.73 Å². The monoisotopic (exact) mass is 252 g/mol. The summed E-state index contributed by atoms with van der Waals surface area (Å²) in [5, 5.41) is 4.80. The second-order valence-electron chi connectivity index (χ2n) is 3.55. The lowest BCUT2D eigenvalue weighted by molar-refractivity contribution is 0.107. The molecular weight excluding hydrogens is 242 g/mol. The van der Waals surface area contributed by atoms with Crippen LogP contribution in [0.5, 0.6) is 0 Å². The molecule has 0 saturated heterocycles. The smallest absolute Gasteiger partial charge is 0.326 e. The summed E-state index contributed by atoms with van der Waals surface area (Å²) in [6, 6.07) is 11.7. The second kappa shape index (κ2) is 4.33. The van der Waals surface area contributed by atoms with Crippen molar-refractivity contribution in [3.8, 4) is 0 Å². The topological polar surface area (TPSA) is 49.9 Å². The molecule has 0 aliphatic rings. The van der Waals surface area contributed by atoms with Gasteiger partial charge >= 0.3 is 5.25 Å². The molecular formula is C12H10F2N2S. The number of rotatable bonds is 2. The number of amidine groups is 1. The fourth-order valence-electron chi connectivity index (χ4n) is 1.57. The molecule has 0 unspecified atom stereocenters. The molecule has 0 aliphatic heterocycles. The maximum absolute atomic E-state index is 13.7. The van der Waals surface area contributed by atoms with Gasteiger partial charge in [0.1, 0.15) is 0 Å². The second-order valence-corrected chi connectivity index (χ2v) is 4.70. The van der Waals surface area contributed by atoms with Crippen molar-refractivity contribution in [1.29, 1.82) is 5.41 Å². The zero-order valence-corrected chi connectivity index (χ0v) is 9.60. The van der Waals surface area contributed by atoms with Crippen LogP contribution in [0.2, 0.25) is 0 Å².